The highest BCUT2D eigenvalue weighted by molar-refractivity contribution is 6.13. The third-order valence-electron chi connectivity index (χ3n) is 6.93. The molecule has 4 heterocycles. The molecule has 0 N–H and O–H groups in total. The summed E-state index contributed by atoms with van der Waals surface area (Å²) in [5.74, 6) is -0.319. The summed E-state index contributed by atoms with van der Waals surface area (Å²) in [4.78, 5) is 12.7. The van der Waals surface area contributed by atoms with Crippen LogP contribution in [0.15, 0.2) is 30.3 Å². The van der Waals surface area contributed by atoms with Crippen molar-refractivity contribution in [2.24, 2.45) is 5.41 Å². The molecule has 1 aromatic heterocycles. The molecule has 2 aromatic rings. The van der Waals surface area contributed by atoms with Crippen molar-refractivity contribution in [1.29, 1.82) is 0 Å². The van der Waals surface area contributed by atoms with Crippen molar-refractivity contribution in [3.8, 4) is 0 Å². The summed E-state index contributed by atoms with van der Waals surface area (Å²) in [5.41, 5.74) is 3.65. The Hall–Kier alpha value is -2.11. The Morgan fingerprint density at radius 3 is 2.96 bits per heavy atom. The molecule has 26 heavy (non-hydrogen) atoms. The predicted octanol–water partition coefficient (Wildman–Crippen LogP) is 3.77. The van der Waals surface area contributed by atoms with Crippen LogP contribution in [0.3, 0.4) is 0 Å². The molecule has 0 spiro atoms. The van der Waals surface area contributed by atoms with Gasteiger partial charge in [0, 0.05) is 17.2 Å². The van der Waals surface area contributed by atoms with E-state index in [1.165, 1.54) is 18.1 Å². The average Bonchev–Trinajstić information content (AvgIpc) is 3.00. The van der Waals surface area contributed by atoms with Gasteiger partial charge >= 0.3 is 5.97 Å². The highest BCUT2D eigenvalue weighted by Crippen LogP contribution is 2.59. The quantitative estimate of drug-likeness (QED) is 0.470. The summed E-state index contributed by atoms with van der Waals surface area (Å²) < 4.78 is 7.01. The van der Waals surface area contributed by atoms with Gasteiger partial charge < -0.3 is 19.2 Å². The van der Waals surface area contributed by atoms with Gasteiger partial charge in [-0.15, -0.1) is 0 Å². The molecule has 1 aromatic carbocycles. The fourth-order valence-corrected chi connectivity index (χ4v) is 5.80. The number of fused-ring (bicyclic) bond motifs is 3. The number of nitrogens with zero attached hydrogens (tertiary/aromatic N) is 2. The number of para-hydroxylation sites is 1. The van der Waals surface area contributed by atoms with Crippen LogP contribution in [0, 0.1) is 10.6 Å². The minimum Gasteiger partial charge on any atom is -0.632 e. The molecule has 3 aliphatic heterocycles. The molecule has 0 saturated carbocycles. The zero-order valence-corrected chi connectivity index (χ0v) is 15.3. The number of carbonyl (C=O) groups excluding carboxylic acids is 1. The lowest BCUT2D eigenvalue weighted by molar-refractivity contribution is -0.927. The molecule has 0 radical (unpaired) electrons. The number of benzene rings is 1. The second kappa shape index (κ2) is 5.21. The molecule has 136 valence electrons. The number of esters is 1. The molecule has 3 aliphatic rings. The van der Waals surface area contributed by atoms with Gasteiger partial charge in [-0.3, -0.25) is 0 Å². The summed E-state index contributed by atoms with van der Waals surface area (Å²) in [7, 11) is 1.43. The van der Waals surface area contributed by atoms with E-state index in [0.717, 1.165) is 36.9 Å². The van der Waals surface area contributed by atoms with Gasteiger partial charge in [0.15, 0.2) is 0 Å². The highest BCUT2D eigenvalue weighted by atomic mass is 16.5. The Morgan fingerprint density at radius 2 is 2.19 bits per heavy atom. The van der Waals surface area contributed by atoms with Crippen LogP contribution in [0.1, 0.15) is 43.5 Å². The van der Waals surface area contributed by atoms with Gasteiger partial charge in [0.1, 0.15) is 11.7 Å². The van der Waals surface area contributed by atoms with Crippen LogP contribution in [-0.4, -0.2) is 35.4 Å². The van der Waals surface area contributed by atoms with Crippen molar-refractivity contribution in [3.05, 3.63) is 46.8 Å². The Labute approximate surface area is 153 Å². The zero-order chi connectivity index (χ0) is 18.1. The molecule has 0 bridgehead atoms. The molecule has 1 saturated heterocycles. The fraction of sp³-hybridized carbons (Fsp3) is 0.476. The van der Waals surface area contributed by atoms with Gasteiger partial charge in [-0.1, -0.05) is 25.1 Å². The number of piperidine rings is 1. The summed E-state index contributed by atoms with van der Waals surface area (Å²) in [6, 6.07) is 8.07. The van der Waals surface area contributed by atoms with Crippen molar-refractivity contribution in [3.63, 3.8) is 0 Å². The molecule has 5 rings (SSSR count). The fourth-order valence-electron chi connectivity index (χ4n) is 5.80. The summed E-state index contributed by atoms with van der Waals surface area (Å²) in [5, 5.41) is 15.0. The minimum atomic E-state index is -0.319. The SMILES string of the molecule is CC[C@@]12C=C(C(=O)OC)n3c4c(c5ccccc53)CC[N+]([O-])(CCC1)[C@H]42. The number of hydrogen-bond donors (Lipinski definition) is 0. The van der Waals surface area contributed by atoms with Crippen LogP contribution < -0.4 is 0 Å². The van der Waals surface area contributed by atoms with Crippen LogP contribution >= 0.6 is 0 Å². The highest BCUT2D eigenvalue weighted by Gasteiger charge is 2.56. The van der Waals surface area contributed by atoms with E-state index in [-0.39, 0.29) is 22.1 Å². The van der Waals surface area contributed by atoms with E-state index in [4.69, 9.17) is 4.74 Å². The van der Waals surface area contributed by atoms with E-state index in [2.05, 4.69) is 19.1 Å². The monoisotopic (exact) mass is 352 g/mol. The molecule has 0 amide bonds. The first-order chi connectivity index (χ1) is 12.5. The maximum Gasteiger partial charge on any atom is 0.354 e. The standard InChI is InChI=1S/C21H24N2O3/c1-3-21-10-6-11-23(25)12-9-15-14-7-4-5-8-16(14)22(18(15)19(21)23)17(13-21)20(24)26-2/h4-5,7-8,13,19H,3,6,9-12H2,1-2H3/t19-,21+,23?/m1/s1. The smallest absolute Gasteiger partial charge is 0.354 e. The van der Waals surface area contributed by atoms with Crippen LogP contribution in [0.5, 0.6) is 0 Å². The zero-order valence-electron chi connectivity index (χ0n) is 15.3. The number of carbonyl (C=O) groups is 1. The molecule has 0 aliphatic carbocycles. The second-order valence-corrected chi connectivity index (χ2v) is 7.98. The number of hydroxylamine groups is 3. The number of ether oxygens (including phenoxy) is 1. The van der Waals surface area contributed by atoms with Gasteiger partial charge in [0.2, 0.25) is 0 Å². The maximum absolute atomic E-state index is 13.8. The first-order valence-corrected chi connectivity index (χ1v) is 9.56. The van der Waals surface area contributed by atoms with E-state index in [0.29, 0.717) is 18.8 Å². The van der Waals surface area contributed by atoms with Crippen LogP contribution in [-0.2, 0) is 16.0 Å². The Kier molecular flexibility index (Phi) is 3.22. The molecule has 5 heteroatoms. The molecular weight excluding hydrogens is 328 g/mol. The van der Waals surface area contributed by atoms with E-state index in [1.807, 2.05) is 22.8 Å². The van der Waals surface area contributed by atoms with Gasteiger partial charge in [-0.05, 0) is 37.0 Å². The third-order valence-corrected chi connectivity index (χ3v) is 6.93. The Balaban J connectivity index is 1.92. The van der Waals surface area contributed by atoms with Gasteiger partial charge in [0.05, 0.1) is 31.4 Å². The molecule has 5 nitrogen and oxygen atoms in total. The Bertz CT molecular complexity index is 960. The first-order valence-electron chi connectivity index (χ1n) is 9.56. The van der Waals surface area contributed by atoms with E-state index < -0.39 is 0 Å². The normalized spacial score (nSPS) is 32.1. The summed E-state index contributed by atoms with van der Waals surface area (Å²) in [6.07, 6.45) is 5.58. The average molecular weight is 352 g/mol. The lowest BCUT2D eigenvalue weighted by Crippen LogP contribution is -2.60. The van der Waals surface area contributed by atoms with Crippen LogP contribution in [0.4, 0.5) is 0 Å². The van der Waals surface area contributed by atoms with E-state index in [9.17, 15) is 10.0 Å². The largest absolute Gasteiger partial charge is 0.632 e. The first kappa shape index (κ1) is 16.1. The predicted molar refractivity (Wildman–Crippen MR) is 100.0 cm³/mol. The van der Waals surface area contributed by atoms with Crippen LogP contribution in [0.25, 0.3) is 16.6 Å². The van der Waals surface area contributed by atoms with E-state index in [1.54, 1.807) is 0 Å². The van der Waals surface area contributed by atoms with Crippen molar-refractivity contribution in [2.45, 2.75) is 38.6 Å². The van der Waals surface area contributed by atoms with Crippen molar-refractivity contribution in [2.75, 3.05) is 20.2 Å². The molecule has 1 fully saturated rings. The van der Waals surface area contributed by atoms with Gasteiger partial charge in [-0.25, -0.2) is 4.79 Å². The van der Waals surface area contributed by atoms with Crippen molar-refractivity contribution < 1.29 is 14.2 Å². The number of methoxy groups -OCH3 is 1. The molecular formula is C21H24N2O3. The Morgan fingerprint density at radius 1 is 1.38 bits per heavy atom. The van der Waals surface area contributed by atoms with Gasteiger partial charge in [-0.2, -0.15) is 0 Å². The number of aromatic nitrogens is 1. The molecule has 1 unspecified atom stereocenters. The lowest BCUT2D eigenvalue weighted by Gasteiger charge is -2.61. The van der Waals surface area contributed by atoms with Crippen molar-refractivity contribution in [1.82, 2.24) is 4.57 Å². The topological polar surface area (TPSA) is 54.3 Å². The minimum absolute atomic E-state index is 0.120. The lowest BCUT2D eigenvalue weighted by atomic mass is 9.66. The number of rotatable bonds is 2. The maximum atomic E-state index is 13.8. The summed E-state index contributed by atoms with van der Waals surface area (Å²) >= 11 is 0. The van der Waals surface area contributed by atoms with Crippen molar-refractivity contribution >= 4 is 22.6 Å². The van der Waals surface area contributed by atoms with Crippen LogP contribution in [0.2, 0.25) is 0 Å². The van der Waals surface area contributed by atoms with E-state index >= 15 is 0 Å². The number of hydrogen-bond acceptors (Lipinski definition) is 3. The van der Waals surface area contributed by atoms with Gasteiger partial charge in [0.25, 0.3) is 0 Å². The summed E-state index contributed by atoms with van der Waals surface area (Å²) in [6.45, 7) is 3.46. The number of quaternary nitrogens is 1. The molecule has 3 atom stereocenters. The third kappa shape index (κ3) is 1.80. The second-order valence-electron chi connectivity index (χ2n) is 7.98.